The second-order valence-corrected chi connectivity index (χ2v) is 6.96. The maximum absolute atomic E-state index is 13.2. The molecule has 0 aliphatic carbocycles. The average molecular weight is 411 g/mol. The zero-order valence-corrected chi connectivity index (χ0v) is 15.6. The van der Waals surface area contributed by atoms with Crippen molar-refractivity contribution in [3.63, 3.8) is 0 Å². The van der Waals surface area contributed by atoms with E-state index >= 15 is 0 Å². The molecule has 0 radical (unpaired) electrons. The first kappa shape index (κ1) is 20.7. The number of halogens is 3. The van der Waals surface area contributed by atoms with E-state index in [0.29, 0.717) is 19.0 Å². The Balaban J connectivity index is 1.71. The minimum Gasteiger partial charge on any atom is -0.504 e. The van der Waals surface area contributed by atoms with Gasteiger partial charge in [-0.15, -0.1) is 0 Å². The number of ether oxygens (including phenoxy) is 1. The normalized spacial score (nSPS) is 15.4. The van der Waals surface area contributed by atoms with E-state index in [0.717, 1.165) is 35.9 Å². The lowest BCUT2D eigenvalue weighted by atomic mass is 9.99. The summed E-state index contributed by atoms with van der Waals surface area (Å²) in [5, 5.41) is 13.7. The van der Waals surface area contributed by atoms with Gasteiger partial charge < -0.3 is 14.7 Å². The third kappa shape index (κ3) is 4.69. The largest absolute Gasteiger partial charge is 0.504 e. The van der Waals surface area contributed by atoms with Crippen molar-refractivity contribution in [3.05, 3.63) is 41.7 Å². The van der Waals surface area contributed by atoms with Gasteiger partial charge in [0.15, 0.2) is 12.4 Å². The van der Waals surface area contributed by atoms with Gasteiger partial charge >= 0.3 is 12.1 Å². The SMILES string of the molecule is CC1CCN(C(=O)COC(=O)c2nn(-c3ccccc3C(F)(F)F)cc2O)CC1. The zero-order valence-electron chi connectivity index (χ0n) is 15.6. The first-order chi connectivity index (χ1) is 13.7. The molecule has 2 heterocycles. The summed E-state index contributed by atoms with van der Waals surface area (Å²) in [5.74, 6) is -1.58. The highest BCUT2D eigenvalue weighted by molar-refractivity contribution is 5.92. The molecule has 7 nitrogen and oxygen atoms in total. The van der Waals surface area contributed by atoms with Crippen LogP contribution in [-0.2, 0) is 15.7 Å². The highest BCUT2D eigenvalue weighted by Gasteiger charge is 2.34. The fourth-order valence-corrected chi connectivity index (χ4v) is 3.09. The molecule has 2 aromatic rings. The van der Waals surface area contributed by atoms with Crippen LogP contribution in [0.1, 0.15) is 35.8 Å². The fraction of sp³-hybridized carbons (Fsp3) is 0.421. The summed E-state index contributed by atoms with van der Waals surface area (Å²) in [7, 11) is 0. The molecule has 0 saturated carbocycles. The predicted molar refractivity (Wildman–Crippen MR) is 95.5 cm³/mol. The number of hydrogen-bond donors (Lipinski definition) is 1. The second kappa shape index (κ2) is 8.14. The number of hydrogen-bond acceptors (Lipinski definition) is 5. The number of aromatic hydroxyl groups is 1. The lowest BCUT2D eigenvalue weighted by Crippen LogP contribution is -2.40. The van der Waals surface area contributed by atoms with Crippen molar-refractivity contribution >= 4 is 11.9 Å². The first-order valence-electron chi connectivity index (χ1n) is 9.07. The highest BCUT2D eigenvalue weighted by Crippen LogP contribution is 2.34. The summed E-state index contributed by atoms with van der Waals surface area (Å²) in [6.07, 6.45) is -2.03. The van der Waals surface area contributed by atoms with E-state index in [4.69, 9.17) is 4.74 Å². The summed E-state index contributed by atoms with van der Waals surface area (Å²) >= 11 is 0. The van der Waals surface area contributed by atoms with Gasteiger partial charge in [0.25, 0.3) is 5.91 Å². The Labute approximate surface area is 164 Å². The molecule has 1 saturated heterocycles. The number of rotatable bonds is 4. The van der Waals surface area contributed by atoms with Crippen LogP contribution in [-0.4, -0.2) is 51.4 Å². The molecule has 1 amide bonds. The minimum atomic E-state index is -4.64. The molecular formula is C19H20F3N3O4. The second-order valence-electron chi connectivity index (χ2n) is 6.96. The Kier molecular flexibility index (Phi) is 5.81. The number of esters is 1. The fourth-order valence-electron chi connectivity index (χ4n) is 3.09. The Morgan fingerprint density at radius 3 is 2.55 bits per heavy atom. The van der Waals surface area contributed by atoms with Gasteiger partial charge in [0.05, 0.1) is 17.4 Å². The van der Waals surface area contributed by atoms with E-state index in [1.165, 1.54) is 12.1 Å². The molecular weight excluding hydrogens is 391 g/mol. The van der Waals surface area contributed by atoms with Gasteiger partial charge in [-0.3, -0.25) is 4.79 Å². The topological polar surface area (TPSA) is 84.7 Å². The average Bonchev–Trinajstić information content (AvgIpc) is 3.07. The summed E-state index contributed by atoms with van der Waals surface area (Å²) in [4.78, 5) is 25.9. The van der Waals surface area contributed by atoms with Gasteiger partial charge in [0.2, 0.25) is 5.69 Å². The van der Waals surface area contributed by atoms with Crippen LogP contribution in [0.2, 0.25) is 0 Å². The van der Waals surface area contributed by atoms with Crippen molar-refractivity contribution in [3.8, 4) is 11.4 Å². The summed E-state index contributed by atoms with van der Waals surface area (Å²) in [5.41, 5.74) is -1.90. The quantitative estimate of drug-likeness (QED) is 0.782. The summed E-state index contributed by atoms with van der Waals surface area (Å²) in [6.45, 7) is 2.72. The number of alkyl halides is 3. The van der Waals surface area contributed by atoms with Crippen LogP contribution < -0.4 is 0 Å². The number of aromatic nitrogens is 2. The van der Waals surface area contributed by atoms with Gasteiger partial charge in [0.1, 0.15) is 0 Å². The van der Waals surface area contributed by atoms with Crippen LogP contribution in [0, 0.1) is 5.92 Å². The number of carbonyl (C=O) groups excluding carboxylic acids is 2. The molecule has 0 atom stereocenters. The number of para-hydroxylation sites is 1. The summed E-state index contributed by atoms with van der Waals surface area (Å²) < 4.78 is 45.2. The Morgan fingerprint density at radius 2 is 1.90 bits per heavy atom. The molecule has 1 aromatic heterocycles. The van der Waals surface area contributed by atoms with Gasteiger partial charge in [-0.25, -0.2) is 9.48 Å². The zero-order chi connectivity index (χ0) is 21.2. The van der Waals surface area contributed by atoms with Gasteiger partial charge in [-0.1, -0.05) is 19.1 Å². The molecule has 10 heteroatoms. The van der Waals surface area contributed by atoms with Crippen molar-refractivity contribution in [1.29, 1.82) is 0 Å². The number of carbonyl (C=O) groups is 2. The standard InChI is InChI=1S/C19H20F3N3O4/c1-12-6-8-24(9-7-12)16(27)11-29-18(28)17-15(26)10-25(23-17)14-5-3-2-4-13(14)19(20,21)22/h2-5,10,12,26H,6-9,11H2,1H3. The molecule has 1 N–H and O–H groups in total. The number of piperidine rings is 1. The van der Waals surface area contributed by atoms with Gasteiger partial charge in [-0.2, -0.15) is 18.3 Å². The first-order valence-corrected chi connectivity index (χ1v) is 9.07. The van der Waals surface area contributed by atoms with Crippen LogP contribution in [0.15, 0.2) is 30.5 Å². The molecule has 3 rings (SSSR count). The van der Waals surface area contributed by atoms with Crippen molar-refractivity contribution in [2.24, 2.45) is 5.92 Å². The minimum absolute atomic E-state index is 0.354. The van der Waals surface area contributed by atoms with Crippen LogP contribution >= 0.6 is 0 Å². The van der Waals surface area contributed by atoms with Crippen molar-refractivity contribution in [1.82, 2.24) is 14.7 Å². The van der Waals surface area contributed by atoms with Crippen LogP contribution in [0.5, 0.6) is 5.75 Å². The van der Waals surface area contributed by atoms with Crippen molar-refractivity contribution < 1.29 is 32.6 Å². The highest BCUT2D eigenvalue weighted by atomic mass is 19.4. The van der Waals surface area contributed by atoms with Crippen LogP contribution in [0.25, 0.3) is 5.69 Å². The maximum atomic E-state index is 13.2. The number of benzene rings is 1. The van der Waals surface area contributed by atoms with Crippen LogP contribution in [0.4, 0.5) is 13.2 Å². The Bertz CT molecular complexity index is 902. The molecule has 1 aliphatic heterocycles. The van der Waals surface area contributed by atoms with Crippen LogP contribution in [0.3, 0.4) is 0 Å². The van der Waals surface area contributed by atoms with E-state index in [1.807, 2.05) is 0 Å². The van der Waals surface area contributed by atoms with Crippen molar-refractivity contribution in [2.45, 2.75) is 25.9 Å². The number of nitrogens with zero attached hydrogens (tertiary/aromatic N) is 3. The molecule has 29 heavy (non-hydrogen) atoms. The van der Waals surface area contributed by atoms with E-state index in [1.54, 1.807) is 4.90 Å². The van der Waals surface area contributed by atoms with E-state index in [2.05, 4.69) is 12.0 Å². The third-order valence-corrected chi connectivity index (χ3v) is 4.81. The maximum Gasteiger partial charge on any atom is 0.418 e. The van der Waals surface area contributed by atoms with Gasteiger partial charge in [0, 0.05) is 13.1 Å². The van der Waals surface area contributed by atoms with E-state index < -0.39 is 35.8 Å². The molecule has 0 bridgehead atoms. The number of amides is 1. The number of likely N-dealkylation sites (tertiary alicyclic amines) is 1. The molecule has 1 aromatic carbocycles. The van der Waals surface area contributed by atoms with E-state index in [-0.39, 0.29) is 11.6 Å². The van der Waals surface area contributed by atoms with Gasteiger partial charge in [-0.05, 0) is 30.9 Å². The lowest BCUT2D eigenvalue weighted by molar-refractivity contribution is -0.137. The molecule has 0 unspecified atom stereocenters. The Morgan fingerprint density at radius 1 is 1.24 bits per heavy atom. The van der Waals surface area contributed by atoms with E-state index in [9.17, 15) is 27.9 Å². The Hall–Kier alpha value is -3.04. The predicted octanol–water partition coefficient (Wildman–Crippen LogP) is 3.01. The molecule has 156 valence electrons. The smallest absolute Gasteiger partial charge is 0.418 e. The lowest BCUT2D eigenvalue weighted by Gasteiger charge is -2.30. The monoisotopic (exact) mass is 411 g/mol. The molecule has 1 aliphatic rings. The third-order valence-electron chi connectivity index (χ3n) is 4.81. The summed E-state index contributed by atoms with van der Waals surface area (Å²) in [6, 6.07) is 4.62. The molecule has 1 fully saturated rings. The molecule has 0 spiro atoms. The van der Waals surface area contributed by atoms with Crippen molar-refractivity contribution in [2.75, 3.05) is 19.7 Å².